The summed E-state index contributed by atoms with van der Waals surface area (Å²) in [6.45, 7) is 1.56. The molecule has 0 fully saturated rings. The van der Waals surface area contributed by atoms with Gasteiger partial charge in [0.15, 0.2) is 0 Å². The highest BCUT2D eigenvalue weighted by Crippen LogP contribution is 2.20. The van der Waals surface area contributed by atoms with Gasteiger partial charge in [-0.1, -0.05) is 29.8 Å². The number of hydrogen-bond acceptors (Lipinski definition) is 2. The summed E-state index contributed by atoms with van der Waals surface area (Å²) in [5.41, 5.74) is 1.62. The molecule has 1 amide bonds. The minimum absolute atomic E-state index is 0.115. The Morgan fingerprint density at radius 2 is 2.06 bits per heavy atom. The molecule has 17 heavy (non-hydrogen) atoms. The highest BCUT2D eigenvalue weighted by atomic mass is 35.5. The molecule has 4 nitrogen and oxygen atoms in total. The molecule has 1 rings (SSSR count). The molecule has 0 aliphatic carbocycles. The van der Waals surface area contributed by atoms with Crippen LogP contribution in [0.3, 0.4) is 0 Å². The minimum Gasteiger partial charge on any atom is -0.480 e. The van der Waals surface area contributed by atoms with Crippen LogP contribution >= 0.6 is 11.6 Å². The van der Waals surface area contributed by atoms with Gasteiger partial charge in [-0.3, -0.25) is 9.59 Å². The van der Waals surface area contributed by atoms with E-state index < -0.39 is 5.97 Å². The first-order chi connectivity index (χ1) is 7.91. The molecule has 0 atom stereocenters. The highest BCUT2D eigenvalue weighted by molar-refractivity contribution is 6.32. The van der Waals surface area contributed by atoms with E-state index in [9.17, 15) is 9.59 Å². The van der Waals surface area contributed by atoms with Gasteiger partial charge in [0.05, 0.1) is 6.42 Å². The van der Waals surface area contributed by atoms with Crippen molar-refractivity contribution in [1.29, 1.82) is 0 Å². The number of carboxylic acids is 1. The van der Waals surface area contributed by atoms with Crippen molar-refractivity contribution < 1.29 is 14.7 Å². The van der Waals surface area contributed by atoms with E-state index >= 15 is 0 Å². The summed E-state index contributed by atoms with van der Waals surface area (Å²) in [6, 6.07) is 5.44. The average Bonchev–Trinajstić information content (AvgIpc) is 2.23. The highest BCUT2D eigenvalue weighted by Gasteiger charge is 2.14. The zero-order valence-electron chi connectivity index (χ0n) is 9.74. The lowest BCUT2D eigenvalue weighted by Crippen LogP contribution is -2.33. The van der Waals surface area contributed by atoms with Crippen LogP contribution in [0.4, 0.5) is 0 Å². The Bertz CT molecular complexity index is 445. The molecule has 0 bridgehead atoms. The van der Waals surface area contributed by atoms with Gasteiger partial charge >= 0.3 is 5.97 Å². The predicted octanol–water partition coefficient (Wildman–Crippen LogP) is 1.73. The number of carbonyl (C=O) groups excluding carboxylic acids is 1. The number of likely N-dealkylation sites (N-methyl/N-ethyl adjacent to an activating group) is 1. The molecule has 0 radical (unpaired) electrons. The maximum Gasteiger partial charge on any atom is 0.323 e. The van der Waals surface area contributed by atoms with E-state index in [0.29, 0.717) is 10.6 Å². The first-order valence-electron chi connectivity index (χ1n) is 5.11. The van der Waals surface area contributed by atoms with Crippen molar-refractivity contribution in [2.24, 2.45) is 0 Å². The maximum absolute atomic E-state index is 11.7. The standard InChI is InChI=1S/C12H14ClNO3/c1-8-4-3-5-9(12(8)13)6-10(15)14(2)7-11(16)17/h3-5H,6-7H2,1-2H3,(H,16,17). The molecule has 1 N–H and O–H groups in total. The number of carboxylic acid groups (broad SMARTS) is 1. The van der Waals surface area contributed by atoms with Crippen molar-refractivity contribution in [3.63, 3.8) is 0 Å². The molecule has 0 aliphatic rings. The lowest BCUT2D eigenvalue weighted by Gasteiger charge is -2.15. The molecule has 1 aromatic carbocycles. The number of nitrogens with zero attached hydrogens (tertiary/aromatic N) is 1. The molecule has 0 spiro atoms. The van der Waals surface area contributed by atoms with Gasteiger partial charge in [-0.2, -0.15) is 0 Å². The fourth-order valence-corrected chi connectivity index (χ4v) is 1.63. The molecular formula is C12H14ClNO3. The second-order valence-electron chi connectivity index (χ2n) is 3.87. The van der Waals surface area contributed by atoms with Gasteiger partial charge in [-0.15, -0.1) is 0 Å². The van der Waals surface area contributed by atoms with Crippen LogP contribution in [0.25, 0.3) is 0 Å². The van der Waals surface area contributed by atoms with E-state index in [-0.39, 0.29) is 18.9 Å². The Hall–Kier alpha value is -1.55. The van der Waals surface area contributed by atoms with Crippen molar-refractivity contribution in [3.05, 3.63) is 34.3 Å². The SMILES string of the molecule is Cc1cccc(CC(=O)N(C)CC(=O)O)c1Cl. The lowest BCUT2D eigenvalue weighted by atomic mass is 10.1. The molecule has 0 saturated carbocycles. The number of halogens is 1. The average molecular weight is 256 g/mol. The summed E-state index contributed by atoms with van der Waals surface area (Å²) in [6.07, 6.45) is 0.115. The second kappa shape index (κ2) is 5.68. The number of carbonyl (C=O) groups is 2. The van der Waals surface area contributed by atoms with E-state index in [1.54, 1.807) is 6.07 Å². The third kappa shape index (κ3) is 3.75. The summed E-state index contributed by atoms with van der Waals surface area (Å²) in [4.78, 5) is 23.4. The van der Waals surface area contributed by atoms with Crippen molar-refractivity contribution in [2.75, 3.05) is 13.6 Å². The fourth-order valence-electron chi connectivity index (χ4n) is 1.43. The van der Waals surface area contributed by atoms with E-state index in [4.69, 9.17) is 16.7 Å². The Balaban J connectivity index is 2.74. The number of benzene rings is 1. The molecule has 92 valence electrons. The van der Waals surface area contributed by atoms with E-state index in [1.807, 2.05) is 19.1 Å². The Morgan fingerprint density at radius 3 is 2.65 bits per heavy atom. The summed E-state index contributed by atoms with van der Waals surface area (Å²) < 4.78 is 0. The van der Waals surface area contributed by atoms with Crippen LogP contribution in [-0.4, -0.2) is 35.5 Å². The second-order valence-corrected chi connectivity index (χ2v) is 4.25. The summed E-state index contributed by atoms with van der Waals surface area (Å²) >= 11 is 6.06. The number of hydrogen-bond donors (Lipinski definition) is 1. The number of aliphatic carboxylic acids is 1. The smallest absolute Gasteiger partial charge is 0.323 e. The topological polar surface area (TPSA) is 57.6 Å². The molecule has 0 aliphatic heterocycles. The Labute approximate surface area is 105 Å². The van der Waals surface area contributed by atoms with Crippen molar-refractivity contribution in [3.8, 4) is 0 Å². The quantitative estimate of drug-likeness (QED) is 0.892. The normalized spacial score (nSPS) is 10.1. The van der Waals surface area contributed by atoms with Gasteiger partial charge in [0.2, 0.25) is 5.91 Å². The first kappa shape index (κ1) is 13.5. The first-order valence-corrected chi connectivity index (χ1v) is 5.49. The van der Waals surface area contributed by atoms with E-state index in [2.05, 4.69) is 0 Å². The van der Waals surface area contributed by atoms with Gasteiger partial charge < -0.3 is 10.0 Å². The Morgan fingerprint density at radius 1 is 1.41 bits per heavy atom. The zero-order chi connectivity index (χ0) is 13.0. The Kier molecular flexibility index (Phi) is 4.52. The monoisotopic (exact) mass is 255 g/mol. The summed E-state index contributed by atoms with van der Waals surface area (Å²) in [5.74, 6) is -1.30. The largest absolute Gasteiger partial charge is 0.480 e. The summed E-state index contributed by atoms with van der Waals surface area (Å²) in [7, 11) is 1.46. The van der Waals surface area contributed by atoms with Gasteiger partial charge in [-0.05, 0) is 18.1 Å². The van der Waals surface area contributed by atoms with Crippen LogP contribution in [0, 0.1) is 6.92 Å². The molecule has 0 saturated heterocycles. The van der Waals surface area contributed by atoms with Crippen molar-refractivity contribution >= 4 is 23.5 Å². The molecule has 0 aromatic heterocycles. The third-order valence-corrected chi connectivity index (χ3v) is 2.95. The fraction of sp³-hybridized carbons (Fsp3) is 0.333. The minimum atomic E-state index is -1.03. The maximum atomic E-state index is 11.7. The number of rotatable bonds is 4. The predicted molar refractivity (Wildman–Crippen MR) is 65.2 cm³/mol. The van der Waals surface area contributed by atoms with Crippen LogP contribution in [0.15, 0.2) is 18.2 Å². The third-order valence-electron chi connectivity index (χ3n) is 2.41. The van der Waals surface area contributed by atoms with Crippen LogP contribution in [0.1, 0.15) is 11.1 Å². The molecule has 1 aromatic rings. The number of amides is 1. The lowest BCUT2D eigenvalue weighted by molar-refractivity contribution is -0.143. The van der Waals surface area contributed by atoms with Crippen molar-refractivity contribution in [2.45, 2.75) is 13.3 Å². The zero-order valence-corrected chi connectivity index (χ0v) is 10.5. The van der Waals surface area contributed by atoms with E-state index in [1.165, 1.54) is 11.9 Å². The van der Waals surface area contributed by atoms with Gasteiger partial charge in [0.1, 0.15) is 6.54 Å². The molecule has 0 unspecified atom stereocenters. The van der Waals surface area contributed by atoms with E-state index in [0.717, 1.165) is 5.56 Å². The van der Waals surface area contributed by atoms with Gasteiger partial charge in [0.25, 0.3) is 0 Å². The van der Waals surface area contributed by atoms with Crippen LogP contribution < -0.4 is 0 Å². The molecule has 0 heterocycles. The van der Waals surface area contributed by atoms with Crippen LogP contribution in [0.2, 0.25) is 5.02 Å². The van der Waals surface area contributed by atoms with Gasteiger partial charge in [-0.25, -0.2) is 0 Å². The van der Waals surface area contributed by atoms with Crippen LogP contribution in [0.5, 0.6) is 0 Å². The van der Waals surface area contributed by atoms with Gasteiger partial charge in [0, 0.05) is 12.1 Å². The number of aryl methyl sites for hydroxylation is 1. The molecule has 5 heteroatoms. The van der Waals surface area contributed by atoms with Crippen molar-refractivity contribution in [1.82, 2.24) is 4.90 Å². The molecular weight excluding hydrogens is 242 g/mol. The summed E-state index contributed by atoms with van der Waals surface area (Å²) in [5, 5.41) is 9.14. The van der Waals surface area contributed by atoms with Crippen LogP contribution in [-0.2, 0) is 16.0 Å².